The van der Waals surface area contributed by atoms with Crippen LogP contribution in [0.25, 0.3) is 0 Å². The number of carbonyl (C=O) groups excluding carboxylic acids is 2. The Morgan fingerprint density at radius 3 is 2.18 bits per heavy atom. The zero-order valence-corrected chi connectivity index (χ0v) is 20.7. The van der Waals surface area contributed by atoms with Crippen molar-refractivity contribution in [2.75, 3.05) is 32.0 Å². The Hall–Kier alpha value is -2.71. The molecular formula is C25H33N3O4S. The van der Waals surface area contributed by atoms with Gasteiger partial charge in [-0.1, -0.05) is 36.6 Å². The third-order valence-electron chi connectivity index (χ3n) is 5.95. The lowest BCUT2D eigenvalue weighted by Gasteiger charge is -2.21. The van der Waals surface area contributed by atoms with Crippen LogP contribution in [0.3, 0.4) is 0 Å². The summed E-state index contributed by atoms with van der Waals surface area (Å²) in [4.78, 5) is 27.0. The summed E-state index contributed by atoms with van der Waals surface area (Å²) in [6.45, 7) is 6.71. The fourth-order valence-electron chi connectivity index (χ4n) is 4.28. The Labute approximate surface area is 196 Å². The third kappa shape index (κ3) is 6.00. The van der Waals surface area contributed by atoms with Crippen LogP contribution in [0.2, 0.25) is 0 Å². The van der Waals surface area contributed by atoms with E-state index in [1.165, 1.54) is 28.4 Å². The van der Waals surface area contributed by atoms with Crippen molar-refractivity contribution in [2.24, 2.45) is 0 Å². The maximum absolute atomic E-state index is 13.1. The number of amides is 2. The van der Waals surface area contributed by atoms with Gasteiger partial charge >= 0.3 is 0 Å². The van der Waals surface area contributed by atoms with Gasteiger partial charge in [-0.15, -0.1) is 0 Å². The van der Waals surface area contributed by atoms with E-state index in [-0.39, 0.29) is 22.9 Å². The lowest BCUT2D eigenvalue weighted by Crippen LogP contribution is -2.35. The fourth-order valence-corrected chi connectivity index (χ4v) is 5.85. The molecule has 0 unspecified atom stereocenters. The van der Waals surface area contributed by atoms with Crippen LogP contribution < -0.4 is 5.32 Å². The molecule has 1 saturated heterocycles. The van der Waals surface area contributed by atoms with E-state index in [2.05, 4.69) is 5.32 Å². The predicted octanol–water partition coefficient (Wildman–Crippen LogP) is 3.89. The van der Waals surface area contributed by atoms with Crippen molar-refractivity contribution in [1.29, 1.82) is 0 Å². The number of benzene rings is 2. The van der Waals surface area contributed by atoms with Gasteiger partial charge in [-0.05, 0) is 62.9 Å². The molecule has 7 nitrogen and oxygen atoms in total. The third-order valence-corrected chi connectivity index (χ3v) is 7.85. The molecule has 0 radical (unpaired) electrons. The number of hydrogen-bond donors (Lipinski definition) is 1. The van der Waals surface area contributed by atoms with E-state index < -0.39 is 15.9 Å². The molecule has 1 N–H and O–H groups in total. The summed E-state index contributed by atoms with van der Waals surface area (Å²) in [5, 5.41) is 2.89. The summed E-state index contributed by atoms with van der Waals surface area (Å²) in [5.74, 6) is -0.718. The average Bonchev–Trinajstić information content (AvgIpc) is 3.06. The highest BCUT2D eigenvalue weighted by Crippen LogP contribution is 2.23. The second-order valence-corrected chi connectivity index (χ2v) is 10.8. The van der Waals surface area contributed by atoms with Crippen LogP contribution in [0.15, 0.2) is 41.3 Å². The number of carbonyl (C=O) groups is 2. The number of aryl methyl sites for hydroxylation is 3. The number of likely N-dealkylation sites (N-methyl/N-ethyl adjacent to an activating group) is 1. The van der Waals surface area contributed by atoms with Crippen LogP contribution in [0.5, 0.6) is 0 Å². The second kappa shape index (κ2) is 10.5. The molecule has 0 saturated carbocycles. The lowest BCUT2D eigenvalue weighted by atomic mass is 10.1. The molecule has 0 aromatic heterocycles. The molecule has 3 rings (SSSR count). The van der Waals surface area contributed by atoms with Gasteiger partial charge in [-0.25, -0.2) is 8.42 Å². The predicted molar refractivity (Wildman–Crippen MR) is 130 cm³/mol. The molecule has 1 heterocycles. The van der Waals surface area contributed by atoms with E-state index in [0.29, 0.717) is 13.1 Å². The van der Waals surface area contributed by atoms with Gasteiger partial charge in [0.25, 0.3) is 5.91 Å². The van der Waals surface area contributed by atoms with Gasteiger partial charge in [0.15, 0.2) is 0 Å². The van der Waals surface area contributed by atoms with Crippen LogP contribution in [0, 0.1) is 20.8 Å². The SMILES string of the molecule is Cc1cc(C)c(NC(=O)CN(C)C(=O)c2cccc(S(=O)(=O)N3CCCCCC3)c2)c(C)c1. The van der Waals surface area contributed by atoms with Crippen LogP contribution >= 0.6 is 0 Å². The molecule has 2 aromatic rings. The van der Waals surface area contributed by atoms with Crippen molar-refractivity contribution in [3.63, 3.8) is 0 Å². The summed E-state index contributed by atoms with van der Waals surface area (Å²) >= 11 is 0. The number of nitrogens with one attached hydrogen (secondary N) is 1. The molecule has 8 heteroatoms. The number of hydrogen-bond acceptors (Lipinski definition) is 4. The first-order chi connectivity index (χ1) is 15.6. The monoisotopic (exact) mass is 471 g/mol. The van der Waals surface area contributed by atoms with Crippen LogP contribution in [-0.2, 0) is 14.8 Å². The van der Waals surface area contributed by atoms with Crippen molar-refractivity contribution in [3.8, 4) is 0 Å². The van der Waals surface area contributed by atoms with Crippen LogP contribution in [0.1, 0.15) is 52.7 Å². The van der Waals surface area contributed by atoms with Gasteiger partial charge in [-0.3, -0.25) is 9.59 Å². The standard InChI is InChI=1S/C25H33N3O4S/c1-18-14-19(2)24(20(3)15-18)26-23(29)17-27(4)25(30)21-10-9-11-22(16-21)33(31,32)28-12-7-5-6-8-13-28/h9-11,14-16H,5-8,12-13,17H2,1-4H3,(H,26,29). The molecule has 1 aliphatic heterocycles. The zero-order chi connectivity index (χ0) is 24.2. The van der Waals surface area contributed by atoms with Gasteiger partial charge in [0.05, 0.1) is 11.4 Å². The summed E-state index contributed by atoms with van der Waals surface area (Å²) in [7, 11) is -2.13. The van der Waals surface area contributed by atoms with Gasteiger partial charge in [0.2, 0.25) is 15.9 Å². The normalized spacial score (nSPS) is 15.0. The van der Waals surface area contributed by atoms with Gasteiger partial charge in [0.1, 0.15) is 0 Å². The smallest absolute Gasteiger partial charge is 0.254 e. The molecule has 0 atom stereocenters. The Kier molecular flexibility index (Phi) is 7.92. The van der Waals surface area contributed by atoms with Gasteiger partial charge in [-0.2, -0.15) is 4.31 Å². The highest BCUT2D eigenvalue weighted by atomic mass is 32.2. The lowest BCUT2D eigenvalue weighted by molar-refractivity contribution is -0.116. The number of sulfonamides is 1. The quantitative estimate of drug-likeness (QED) is 0.693. The maximum Gasteiger partial charge on any atom is 0.254 e. The van der Waals surface area contributed by atoms with Gasteiger partial charge in [0, 0.05) is 31.4 Å². The molecule has 178 valence electrons. The second-order valence-electron chi connectivity index (χ2n) is 8.83. The minimum Gasteiger partial charge on any atom is -0.332 e. The first kappa shape index (κ1) is 24.9. The van der Waals surface area contributed by atoms with E-state index in [1.807, 2.05) is 32.9 Å². The van der Waals surface area contributed by atoms with Crippen LogP contribution in [0.4, 0.5) is 5.69 Å². The summed E-state index contributed by atoms with van der Waals surface area (Å²) in [6, 6.07) is 10.1. The fraction of sp³-hybridized carbons (Fsp3) is 0.440. The average molecular weight is 472 g/mol. The first-order valence-electron chi connectivity index (χ1n) is 11.3. The maximum atomic E-state index is 13.1. The number of rotatable bonds is 6. The number of nitrogens with zero attached hydrogens (tertiary/aromatic N) is 2. The Bertz CT molecular complexity index is 1110. The molecule has 0 spiro atoms. The van der Waals surface area contributed by atoms with Crippen molar-refractivity contribution in [3.05, 3.63) is 58.7 Å². The molecule has 33 heavy (non-hydrogen) atoms. The summed E-state index contributed by atoms with van der Waals surface area (Å²) in [6.07, 6.45) is 3.74. The molecule has 2 aromatic carbocycles. The van der Waals surface area contributed by atoms with Crippen molar-refractivity contribution < 1.29 is 18.0 Å². The molecule has 0 bridgehead atoms. The molecular weight excluding hydrogens is 438 g/mol. The van der Waals surface area contributed by atoms with E-state index in [0.717, 1.165) is 48.1 Å². The van der Waals surface area contributed by atoms with E-state index in [9.17, 15) is 18.0 Å². The Balaban J connectivity index is 1.71. The Morgan fingerprint density at radius 1 is 0.970 bits per heavy atom. The van der Waals surface area contributed by atoms with Crippen LogP contribution in [-0.4, -0.2) is 56.1 Å². The number of anilines is 1. The van der Waals surface area contributed by atoms with E-state index in [4.69, 9.17) is 0 Å². The molecule has 1 fully saturated rings. The minimum absolute atomic E-state index is 0.110. The molecule has 2 amide bonds. The zero-order valence-electron chi connectivity index (χ0n) is 19.8. The largest absolute Gasteiger partial charge is 0.332 e. The van der Waals surface area contributed by atoms with Crippen molar-refractivity contribution in [1.82, 2.24) is 9.21 Å². The topological polar surface area (TPSA) is 86.8 Å². The highest BCUT2D eigenvalue weighted by molar-refractivity contribution is 7.89. The minimum atomic E-state index is -3.66. The van der Waals surface area contributed by atoms with Crippen molar-refractivity contribution in [2.45, 2.75) is 51.3 Å². The summed E-state index contributed by atoms with van der Waals surface area (Å²) in [5.41, 5.74) is 4.02. The molecule has 1 aliphatic rings. The Morgan fingerprint density at radius 2 is 1.58 bits per heavy atom. The molecule has 0 aliphatic carbocycles. The summed E-state index contributed by atoms with van der Waals surface area (Å²) < 4.78 is 27.7. The van der Waals surface area contributed by atoms with Gasteiger partial charge < -0.3 is 10.2 Å². The van der Waals surface area contributed by atoms with Crippen molar-refractivity contribution >= 4 is 27.5 Å². The highest BCUT2D eigenvalue weighted by Gasteiger charge is 2.26. The van der Waals surface area contributed by atoms with E-state index >= 15 is 0 Å². The van der Waals surface area contributed by atoms with E-state index in [1.54, 1.807) is 12.1 Å². The first-order valence-corrected chi connectivity index (χ1v) is 12.8.